The molecule has 7 heteroatoms. The van der Waals surface area contributed by atoms with E-state index in [1.165, 1.54) is 19.1 Å². The van der Waals surface area contributed by atoms with Crippen molar-refractivity contribution in [3.63, 3.8) is 0 Å². The average molecular weight is 225 g/mol. The fourth-order valence-electron chi connectivity index (χ4n) is 1.26. The van der Waals surface area contributed by atoms with Gasteiger partial charge in [-0.3, -0.25) is 14.9 Å². The van der Waals surface area contributed by atoms with Gasteiger partial charge in [0.15, 0.2) is 11.5 Å². The molecule has 0 amide bonds. The zero-order valence-electron chi connectivity index (χ0n) is 8.21. The van der Waals surface area contributed by atoms with Crippen LogP contribution in [-0.2, 0) is 4.79 Å². The summed E-state index contributed by atoms with van der Waals surface area (Å²) in [5.41, 5.74) is 0. The number of ether oxygens (including phenoxy) is 3. The summed E-state index contributed by atoms with van der Waals surface area (Å²) in [7, 11) is 0. The van der Waals surface area contributed by atoms with E-state index in [1.807, 2.05) is 0 Å². The molecule has 16 heavy (non-hydrogen) atoms. The van der Waals surface area contributed by atoms with E-state index in [0.29, 0.717) is 0 Å². The summed E-state index contributed by atoms with van der Waals surface area (Å²) in [6.07, 6.45) is -1.59. The summed E-state index contributed by atoms with van der Waals surface area (Å²) in [4.78, 5) is 20.5. The van der Waals surface area contributed by atoms with Crippen LogP contribution in [0.5, 0.6) is 17.2 Å². The number of hydrogen-bond acceptors (Lipinski definition) is 6. The molecule has 0 aromatic heterocycles. The Morgan fingerprint density at radius 2 is 2.25 bits per heavy atom. The number of nitrogens with zero attached hydrogens (tertiary/aromatic N) is 1. The Hall–Kier alpha value is -2.31. The molecule has 0 spiro atoms. The van der Waals surface area contributed by atoms with Gasteiger partial charge in [-0.25, -0.2) is 0 Å². The van der Waals surface area contributed by atoms with E-state index in [4.69, 9.17) is 14.2 Å². The van der Waals surface area contributed by atoms with Crippen LogP contribution in [0.3, 0.4) is 0 Å². The lowest BCUT2D eigenvalue weighted by molar-refractivity contribution is -0.600. The number of esters is 1. The second kappa shape index (κ2) is 3.69. The number of carbonyl (C=O) groups excluding carboxylic acids is 1. The molecule has 1 aliphatic rings. The molecule has 0 saturated carbocycles. The van der Waals surface area contributed by atoms with Crippen LogP contribution < -0.4 is 14.2 Å². The lowest BCUT2D eigenvalue weighted by Gasteiger charge is -2.03. The van der Waals surface area contributed by atoms with Crippen LogP contribution in [0.15, 0.2) is 18.2 Å². The first kappa shape index (κ1) is 10.2. The molecule has 1 aliphatic heterocycles. The fraction of sp³-hybridized carbons (Fsp3) is 0.222. The summed E-state index contributed by atoms with van der Waals surface area (Å²) < 4.78 is 14.6. The summed E-state index contributed by atoms with van der Waals surface area (Å²) >= 11 is 0. The standard InChI is InChI=1S/C9H7NO6/c1-5(11)14-6-3-2-4-7-8(6)16-9(15-7)10(12)13/h2-4,9H,1H3. The molecular formula is C9H7NO6. The third-order valence-electron chi connectivity index (χ3n) is 1.82. The smallest absolute Gasteiger partial charge is 0.423 e. The van der Waals surface area contributed by atoms with Crippen molar-refractivity contribution in [2.75, 3.05) is 0 Å². The van der Waals surface area contributed by atoms with E-state index in [9.17, 15) is 14.9 Å². The van der Waals surface area contributed by atoms with Crippen LogP contribution in [0.1, 0.15) is 6.92 Å². The van der Waals surface area contributed by atoms with Crippen molar-refractivity contribution < 1.29 is 23.9 Å². The quantitative estimate of drug-likeness (QED) is 0.322. The van der Waals surface area contributed by atoms with Gasteiger partial charge in [-0.2, -0.15) is 0 Å². The van der Waals surface area contributed by atoms with Gasteiger partial charge in [0.1, 0.15) is 4.92 Å². The Kier molecular flexibility index (Phi) is 2.35. The number of benzene rings is 1. The predicted molar refractivity (Wildman–Crippen MR) is 49.8 cm³/mol. The molecule has 0 N–H and O–H groups in total. The van der Waals surface area contributed by atoms with Crippen LogP contribution in [0.25, 0.3) is 0 Å². The van der Waals surface area contributed by atoms with E-state index < -0.39 is 17.3 Å². The number of fused-ring (bicyclic) bond motifs is 1. The van der Waals surface area contributed by atoms with Gasteiger partial charge >= 0.3 is 12.4 Å². The normalized spacial score (nSPS) is 16.9. The van der Waals surface area contributed by atoms with Crippen molar-refractivity contribution in [2.24, 2.45) is 0 Å². The van der Waals surface area contributed by atoms with Gasteiger partial charge in [0.2, 0.25) is 5.75 Å². The van der Waals surface area contributed by atoms with Crippen molar-refractivity contribution in [3.05, 3.63) is 28.3 Å². The maximum atomic E-state index is 10.8. The van der Waals surface area contributed by atoms with E-state index >= 15 is 0 Å². The van der Waals surface area contributed by atoms with E-state index in [2.05, 4.69) is 0 Å². The lowest BCUT2D eigenvalue weighted by Crippen LogP contribution is -2.27. The maximum absolute atomic E-state index is 10.8. The molecule has 7 nitrogen and oxygen atoms in total. The highest BCUT2D eigenvalue weighted by Crippen LogP contribution is 2.42. The number of rotatable bonds is 2. The molecule has 1 atom stereocenters. The van der Waals surface area contributed by atoms with Crippen LogP contribution >= 0.6 is 0 Å². The minimum absolute atomic E-state index is 0.0689. The summed E-state index contributed by atoms with van der Waals surface area (Å²) in [5, 5.41) is 10.5. The van der Waals surface area contributed by atoms with Crippen molar-refractivity contribution in [2.45, 2.75) is 13.3 Å². The minimum atomic E-state index is -1.59. The number of para-hydroxylation sites is 1. The first-order valence-corrected chi connectivity index (χ1v) is 4.36. The van der Waals surface area contributed by atoms with Gasteiger partial charge in [-0.1, -0.05) is 6.07 Å². The Morgan fingerprint density at radius 1 is 1.50 bits per heavy atom. The minimum Gasteiger partial charge on any atom is -0.423 e. The molecule has 0 fully saturated rings. The van der Waals surface area contributed by atoms with E-state index in [-0.39, 0.29) is 17.2 Å². The van der Waals surface area contributed by atoms with Gasteiger partial charge in [0.05, 0.1) is 0 Å². The Labute approximate surface area is 89.7 Å². The van der Waals surface area contributed by atoms with Gasteiger partial charge in [-0.05, 0) is 12.1 Å². The molecule has 84 valence electrons. The van der Waals surface area contributed by atoms with E-state index in [0.717, 1.165) is 0 Å². The third-order valence-corrected chi connectivity index (χ3v) is 1.82. The largest absolute Gasteiger partial charge is 0.518 e. The summed E-state index contributed by atoms with van der Waals surface area (Å²) in [6.45, 7) is 1.22. The number of carbonyl (C=O) groups is 1. The highest BCUT2D eigenvalue weighted by Gasteiger charge is 2.36. The highest BCUT2D eigenvalue weighted by atomic mass is 16.8. The second-order valence-electron chi connectivity index (χ2n) is 3.01. The van der Waals surface area contributed by atoms with Gasteiger partial charge in [-0.15, -0.1) is 0 Å². The molecule has 0 bridgehead atoms. The van der Waals surface area contributed by atoms with Crippen LogP contribution in [0, 0.1) is 10.1 Å². The average Bonchev–Trinajstić information content (AvgIpc) is 2.61. The molecule has 0 aliphatic carbocycles. The van der Waals surface area contributed by atoms with E-state index in [1.54, 1.807) is 6.07 Å². The molecule has 1 heterocycles. The Balaban J connectivity index is 2.30. The fourth-order valence-corrected chi connectivity index (χ4v) is 1.26. The van der Waals surface area contributed by atoms with Crippen molar-refractivity contribution in [3.8, 4) is 17.2 Å². The first-order valence-electron chi connectivity index (χ1n) is 4.36. The molecule has 1 aromatic rings. The van der Waals surface area contributed by atoms with Crippen molar-refractivity contribution >= 4 is 5.97 Å². The van der Waals surface area contributed by atoms with Crippen LogP contribution in [-0.4, -0.2) is 17.3 Å². The monoisotopic (exact) mass is 225 g/mol. The highest BCUT2D eigenvalue weighted by molar-refractivity contribution is 5.71. The predicted octanol–water partition coefficient (Wildman–Crippen LogP) is 0.943. The molecule has 1 aromatic carbocycles. The zero-order valence-corrected chi connectivity index (χ0v) is 8.21. The Morgan fingerprint density at radius 3 is 2.88 bits per heavy atom. The number of hydrogen-bond donors (Lipinski definition) is 0. The SMILES string of the molecule is CC(=O)Oc1cccc2c1OC([N+](=O)[O-])O2. The van der Waals surface area contributed by atoms with Crippen molar-refractivity contribution in [1.82, 2.24) is 0 Å². The zero-order chi connectivity index (χ0) is 11.7. The summed E-state index contributed by atoms with van der Waals surface area (Å²) in [6, 6.07) is 4.50. The molecule has 1 unspecified atom stereocenters. The van der Waals surface area contributed by atoms with Gasteiger partial charge in [0, 0.05) is 6.92 Å². The van der Waals surface area contributed by atoms with Crippen molar-refractivity contribution in [1.29, 1.82) is 0 Å². The Bertz CT molecular complexity index is 457. The first-order chi connectivity index (χ1) is 7.58. The maximum Gasteiger partial charge on any atom is 0.518 e. The second-order valence-corrected chi connectivity index (χ2v) is 3.01. The van der Waals surface area contributed by atoms with Gasteiger partial charge < -0.3 is 14.2 Å². The van der Waals surface area contributed by atoms with Gasteiger partial charge in [0.25, 0.3) is 0 Å². The molecule has 2 rings (SSSR count). The van der Waals surface area contributed by atoms with Crippen LogP contribution in [0.2, 0.25) is 0 Å². The summed E-state index contributed by atoms with van der Waals surface area (Å²) in [5.74, 6) is -0.184. The lowest BCUT2D eigenvalue weighted by atomic mass is 10.3. The molecule has 0 radical (unpaired) electrons. The topological polar surface area (TPSA) is 87.9 Å². The molecular weight excluding hydrogens is 218 g/mol. The third kappa shape index (κ3) is 1.74. The molecule has 0 saturated heterocycles. The number of nitro groups is 1. The van der Waals surface area contributed by atoms with Crippen LogP contribution in [0.4, 0.5) is 0 Å².